The summed E-state index contributed by atoms with van der Waals surface area (Å²) in [5.74, 6) is 1.85. The molecule has 2 unspecified atom stereocenters. The van der Waals surface area contributed by atoms with E-state index in [1.807, 2.05) is 0 Å². The first-order chi connectivity index (χ1) is 5.16. The fourth-order valence-electron chi connectivity index (χ4n) is 2.76. The molecule has 0 aliphatic heterocycles. The van der Waals surface area contributed by atoms with E-state index in [9.17, 15) is 0 Å². The van der Waals surface area contributed by atoms with Crippen molar-refractivity contribution in [1.82, 2.24) is 0 Å². The zero-order chi connectivity index (χ0) is 8.06. The molecule has 3 aliphatic carbocycles. The summed E-state index contributed by atoms with van der Waals surface area (Å²) in [4.78, 5) is 0. The van der Waals surface area contributed by atoms with E-state index >= 15 is 0 Å². The molecule has 0 saturated heterocycles. The van der Waals surface area contributed by atoms with Gasteiger partial charge in [0.1, 0.15) is 0 Å². The summed E-state index contributed by atoms with van der Waals surface area (Å²) >= 11 is 0. The van der Waals surface area contributed by atoms with E-state index in [0.29, 0.717) is 5.41 Å². The molecule has 0 N–H and O–H groups in total. The van der Waals surface area contributed by atoms with Crippen molar-refractivity contribution in [3.05, 3.63) is 18.6 Å². The number of fused-ring (bicyclic) bond motifs is 1. The van der Waals surface area contributed by atoms with Gasteiger partial charge in [-0.25, -0.2) is 0 Å². The molecule has 1 radical (unpaired) electrons. The fourth-order valence-corrected chi connectivity index (χ4v) is 2.76. The normalized spacial score (nSPS) is 39.4. The Bertz CT molecular complexity index is 198. The molecule has 0 spiro atoms. The van der Waals surface area contributed by atoms with Gasteiger partial charge in [0, 0.05) is 0 Å². The van der Waals surface area contributed by atoms with E-state index in [1.165, 1.54) is 12.8 Å². The molecule has 11 heavy (non-hydrogen) atoms. The third-order valence-corrected chi connectivity index (χ3v) is 3.87. The van der Waals surface area contributed by atoms with Crippen LogP contribution in [0.5, 0.6) is 0 Å². The first-order valence-corrected chi connectivity index (χ1v) is 4.64. The highest BCUT2D eigenvalue weighted by molar-refractivity contribution is 5.23. The number of allylic oxidation sites excluding steroid dienone is 2. The van der Waals surface area contributed by atoms with Crippen LogP contribution in [-0.2, 0) is 0 Å². The van der Waals surface area contributed by atoms with Gasteiger partial charge in [-0.05, 0) is 43.4 Å². The van der Waals surface area contributed by atoms with Gasteiger partial charge < -0.3 is 0 Å². The van der Waals surface area contributed by atoms with Crippen LogP contribution in [0.2, 0.25) is 0 Å². The third kappa shape index (κ3) is 0.816. The molecule has 2 bridgehead atoms. The van der Waals surface area contributed by atoms with Gasteiger partial charge in [0.05, 0.1) is 0 Å². The minimum Gasteiger partial charge on any atom is -0.0847 e. The van der Waals surface area contributed by atoms with E-state index in [1.54, 1.807) is 5.57 Å². The Hall–Kier alpha value is -0.260. The summed E-state index contributed by atoms with van der Waals surface area (Å²) in [6.45, 7) is 8.80. The number of hydrogen-bond acceptors (Lipinski definition) is 0. The molecule has 3 aliphatic rings. The highest BCUT2D eigenvalue weighted by atomic mass is 14.5. The average molecular weight is 149 g/mol. The Labute approximate surface area is 69.7 Å². The summed E-state index contributed by atoms with van der Waals surface area (Å²) in [6, 6.07) is 0. The molecule has 3 rings (SSSR count). The number of rotatable bonds is 1. The molecule has 0 nitrogen and oxygen atoms in total. The highest BCUT2D eigenvalue weighted by Gasteiger charge is 2.50. The predicted octanol–water partition coefficient (Wildman–Crippen LogP) is 3.20. The van der Waals surface area contributed by atoms with E-state index in [-0.39, 0.29) is 0 Å². The third-order valence-electron chi connectivity index (χ3n) is 3.87. The second-order valence-corrected chi connectivity index (χ2v) is 4.57. The van der Waals surface area contributed by atoms with Crippen LogP contribution in [0.4, 0.5) is 0 Å². The lowest BCUT2D eigenvalue weighted by Crippen LogP contribution is -2.47. The zero-order valence-electron chi connectivity index (χ0n) is 7.56. The molecule has 0 heteroatoms. The van der Waals surface area contributed by atoms with Gasteiger partial charge in [-0.3, -0.25) is 0 Å². The van der Waals surface area contributed by atoms with Crippen molar-refractivity contribution in [2.45, 2.75) is 33.1 Å². The second-order valence-electron chi connectivity index (χ2n) is 4.57. The van der Waals surface area contributed by atoms with Crippen LogP contribution in [-0.4, -0.2) is 0 Å². The van der Waals surface area contributed by atoms with Crippen molar-refractivity contribution >= 4 is 0 Å². The van der Waals surface area contributed by atoms with Crippen LogP contribution in [0.1, 0.15) is 33.1 Å². The number of hydrogen-bond donors (Lipinski definition) is 0. The van der Waals surface area contributed by atoms with Crippen LogP contribution >= 0.6 is 0 Å². The Morgan fingerprint density at radius 3 is 2.73 bits per heavy atom. The molecular weight excluding hydrogens is 132 g/mol. The van der Waals surface area contributed by atoms with Gasteiger partial charge in [-0.15, -0.1) is 0 Å². The summed E-state index contributed by atoms with van der Waals surface area (Å²) < 4.78 is 0. The van der Waals surface area contributed by atoms with Crippen molar-refractivity contribution in [2.24, 2.45) is 17.3 Å². The molecule has 0 aromatic heterocycles. The maximum atomic E-state index is 3.98. The zero-order valence-corrected chi connectivity index (χ0v) is 7.56. The predicted molar refractivity (Wildman–Crippen MR) is 48.1 cm³/mol. The largest absolute Gasteiger partial charge is 0.0847 e. The summed E-state index contributed by atoms with van der Waals surface area (Å²) in [5, 5.41) is 0. The van der Waals surface area contributed by atoms with Crippen LogP contribution in [0.3, 0.4) is 0 Å². The van der Waals surface area contributed by atoms with Gasteiger partial charge in [0.15, 0.2) is 0 Å². The summed E-state index contributed by atoms with van der Waals surface area (Å²) in [7, 11) is 0. The maximum Gasteiger partial charge on any atom is -0.0146 e. The van der Waals surface area contributed by atoms with Crippen molar-refractivity contribution in [1.29, 1.82) is 0 Å². The van der Waals surface area contributed by atoms with Crippen LogP contribution in [0, 0.1) is 24.2 Å². The molecule has 2 atom stereocenters. The first kappa shape index (κ1) is 7.39. The van der Waals surface area contributed by atoms with Gasteiger partial charge >= 0.3 is 0 Å². The lowest BCUT2D eigenvalue weighted by molar-refractivity contribution is -0.00725. The minimum absolute atomic E-state index is 0.599. The Balaban J connectivity index is 2.23. The molecule has 1 fully saturated rings. The Kier molecular flexibility index (Phi) is 1.42. The van der Waals surface area contributed by atoms with Crippen LogP contribution in [0.15, 0.2) is 11.6 Å². The second kappa shape index (κ2) is 2.12. The SMILES string of the molecule is [CH2]CC1=CCC2CC1C2(C)C. The molecule has 0 heterocycles. The van der Waals surface area contributed by atoms with Crippen LogP contribution < -0.4 is 0 Å². The average Bonchev–Trinajstić information content (AvgIpc) is 2.04. The highest BCUT2D eigenvalue weighted by Crippen LogP contribution is 2.59. The van der Waals surface area contributed by atoms with E-state index < -0.39 is 0 Å². The van der Waals surface area contributed by atoms with Gasteiger partial charge in [0.2, 0.25) is 0 Å². The Morgan fingerprint density at radius 2 is 2.36 bits per heavy atom. The lowest BCUT2D eigenvalue weighted by atomic mass is 9.48. The fraction of sp³-hybridized carbons (Fsp3) is 0.727. The standard InChI is InChI=1S/C11H17/c1-4-8-5-6-9-7-10(8)11(9,2)3/h5,9-10H,1,4,6-7H2,2-3H3. The molecule has 0 aromatic carbocycles. The van der Waals surface area contributed by atoms with Crippen molar-refractivity contribution in [3.63, 3.8) is 0 Å². The summed E-state index contributed by atoms with van der Waals surface area (Å²) in [5.41, 5.74) is 2.22. The van der Waals surface area contributed by atoms with Crippen molar-refractivity contribution in [3.8, 4) is 0 Å². The van der Waals surface area contributed by atoms with Crippen molar-refractivity contribution in [2.75, 3.05) is 0 Å². The molecule has 61 valence electrons. The maximum absolute atomic E-state index is 3.98. The minimum atomic E-state index is 0.599. The van der Waals surface area contributed by atoms with E-state index in [2.05, 4.69) is 26.8 Å². The summed E-state index contributed by atoms with van der Waals surface area (Å²) in [6.07, 6.45) is 6.21. The van der Waals surface area contributed by atoms with E-state index in [0.717, 1.165) is 18.3 Å². The molecule has 1 saturated carbocycles. The topological polar surface area (TPSA) is 0 Å². The quantitative estimate of drug-likeness (QED) is 0.502. The van der Waals surface area contributed by atoms with Crippen LogP contribution in [0.25, 0.3) is 0 Å². The lowest BCUT2D eigenvalue weighted by Gasteiger charge is -2.56. The molecular formula is C11H17. The Morgan fingerprint density at radius 1 is 1.64 bits per heavy atom. The first-order valence-electron chi connectivity index (χ1n) is 4.64. The molecule has 0 aromatic rings. The van der Waals surface area contributed by atoms with Gasteiger partial charge in [-0.1, -0.05) is 25.5 Å². The van der Waals surface area contributed by atoms with E-state index in [4.69, 9.17) is 0 Å². The smallest absolute Gasteiger partial charge is 0.0146 e. The molecule has 0 amide bonds. The van der Waals surface area contributed by atoms with Gasteiger partial charge in [-0.2, -0.15) is 0 Å². The monoisotopic (exact) mass is 149 g/mol. The van der Waals surface area contributed by atoms with Crippen molar-refractivity contribution < 1.29 is 0 Å². The van der Waals surface area contributed by atoms with Gasteiger partial charge in [0.25, 0.3) is 0 Å².